The van der Waals surface area contributed by atoms with Crippen molar-refractivity contribution in [3.8, 4) is 0 Å². The van der Waals surface area contributed by atoms with Crippen LogP contribution in [0.5, 0.6) is 0 Å². The second-order valence-corrected chi connectivity index (χ2v) is 7.18. The third kappa shape index (κ3) is 2.99. The summed E-state index contributed by atoms with van der Waals surface area (Å²) in [4.78, 5) is 0. The van der Waals surface area contributed by atoms with Crippen molar-refractivity contribution in [2.45, 2.75) is 26.8 Å². The van der Waals surface area contributed by atoms with Crippen LogP contribution < -0.4 is 5.32 Å². The second kappa shape index (κ2) is 5.89. The molecule has 3 aromatic rings. The van der Waals surface area contributed by atoms with Crippen molar-refractivity contribution >= 4 is 37.9 Å². The van der Waals surface area contributed by atoms with Gasteiger partial charge in [-0.05, 0) is 28.3 Å². The molecule has 0 bridgehead atoms. The fourth-order valence-corrected chi connectivity index (χ4v) is 4.01. The molecule has 20 heavy (non-hydrogen) atoms. The summed E-state index contributed by atoms with van der Waals surface area (Å²) >= 11 is 3.45. The van der Waals surface area contributed by atoms with E-state index in [4.69, 9.17) is 0 Å². The molecule has 0 atom stereocenters. The molecule has 2 aromatic heterocycles. The average molecular weight is 303 g/mol. The first-order chi connectivity index (χ1) is 9.72. The summed E-state index contributed by atoms with van der Waals surface area (Å²) in [7, 11) is 0. The molecule has 0 amide bonds. The molecule has 0 fully saturated rings. The first-order valence-electron chi connectivity index (χ1n) is 6.73. The molecule has 104 valence electrons. The van der Waals surface area contributed by atoms with Gasteiger partial charge in [0.15, 0.2) is 0 Å². The number of benzene rings is 1. The van der Waals surface area contributed by atoms with E-state index in [9.17, 15) is 0 Å². The van der Waals surface area contributed by atoms with Crippen LogP contribution >= 0.6 is 22.7 Å². The Bertz CT molecular complexity index is 700. The smallest absolute Gasteiger partial charge is 0.205 e. The number of nitrogens with one attached hydrogen (secondary N) is 1. The predicted octanol–water partition coefficient (Wildman–Crippen LogP) is 4.56. The molecule has 0 aliphatic heterocycles. The quantitative estimate of drug-likeness (QED) is 0.750. The molecule has 1 aromatic carbocycles. The molecule has 2 heterocycles. The van der Waals surface area contributed by atoms with Gasteiger partial charge in [0.05, 0.1) is 0 Å². The molecular weight excluding hydrogens is 286 g/mol. The van der Waals surface area contributed by atoms with Crippen LogP contribution in [-0.2, 0) is 13.0 Å². The third-order valence-corrected chi connectivity index (χ3v) is 4.96. The number of anilines is 1. The van der Waals surface area contributed by atoms with E-state index in [1.807, 2.05) is 0 Å². The number of fused-ring (bicyclic) bond motifs is 1. The Labute approximate surface area is 126 Å². The Morgan fingerprint density at radius 3 is 2.90 bits per heavy atom. The molecule has 0 aliphatic rings. The van der Waals surface area contributed by atoms with Gasteiger partial charge in [0.25, 0.3) is 0 Å². The molecule has 3 rings (SSSR count). The molecule has 0 spiro atoms. The van der Waals surface area contributed by atoms with E-state index in [1.165, 1.54) is 15.6 Å². The maximum atomic E-state index is 4.23. The number of hydrogen-bond acceptors (Lipinski definition) is 5. The van der Waals surface area contributed by atoms with Crippen molar-refractivity contribution in [2.24, 2.45) is 5.92 Å². The summed E-state index contributed by atoms with van der Waals surface area (Å²) in [5.41, 5.74) is 1.33. The molecule has 0 unspecified atom stereocenters. The molecule has 0 aliphatic carbocycles. The highest BCUT2D eigenvalue weighted by atomic mass is 32.1. The van der Waals surface area contributed by atoms with Gasteiger partial charge in [-0.1, -0.05) is 43.4 Å². The molecule has 1 N–H and O–H groups in total. The van der Waals surface area contributed by atoms with Crippen LogP contribution in [0.3, 0.4) is 0 Å². The van der Waals surface area contributed by atoms with E-state index >= 15 is 0 Å². The van der Waals surface area contributed by atoms with Crippen molar-refractivity contribution in [1.82, 2.24) is 10.2 Å². The van der Waals surface area contributed by atoms with Gasteiger partial charge < -0.3 is 5.32 Å². The van der Waals surface area contributed by atoms with Gasteiger partial charge in [0.1, 0.15) is 5.01 Å². The standard InChI is InChI=1S/C15H17N3S2/c1-10(2)7-14-17-18-15(20-14)16-8-11-9-19-13-6-4-3-5-12(11)13/h3-6,9-10H,7-8H2,1-2H3,(H,16,18). The maximum absolute atomic E-state index is 4.23. The zero-order valence-electron chi connectivity index (χ0n) is 11.6. The fraction of sp³-hybridized carbons (Fsp3) is 0.333. The summed E-state index contributed by atoms with van der Waals surface area (Å²) < 4.78 is 1.34. The predicted molar refractivity (Wildman–Crippen MR) is 87.6 cm³/mol. The van der Waals surface area contributed by atoms with Gasteiger partial charge in [-0.2, -0.15) is 0 Å². The maximum Gasteiger partial charge on any atom is 0.205 e. The Morgan fingerprint density at radius 1 is 1.20 bits per heavy atom. The van der Waals surface area contributed by atoms with E-state index < -0.39 is 0 Å². The van der Waals surface area contributed by atoms with Crippen LogP contribution in [-0.4, -0.2) is 10.2 Å². The van der Waals surface area contributed by atoms with Gasteiger partial charge in [0, 0.05) is 17.7 Å². The van der Waals surface area contributed by atoms with Crippen molar-refractivity contribution < 1.29 is 0 Å². The first-order valence-corrected chi connectivity index (χ1v) is 8.43. The van der Waals surface area contributed by atoms with Gasteiger partial charge >= 0.3 is 0 Å². The summed E-state index contributed by atoms with van der Waals surface area (Å²) in [6.45, 7) is 5.21. The van der Waals surface area contributed by atoms with Crippen molar-refractivity contribution in [3.05, 3.63) is 40.2 Å². The number of aromatic nitrogens is 2. The minimum Gasteiger partial charge on any atom is -0.356 e. The highest BCUT2D eigenvalue weighted by molar-refractivity contribution is 7.17. The number of rotatable bonds is 5. The third-order valence-electron chi connectivity index (χ3n) is 3.04. The number of thiophene rings is 1. The Hall–Kier alpha value is -1.46. The van der Waals surface area contributed by atoms with Gasteiger partial charge in [-0.15, -0.1) is 21.5 Å². The molecule has 0 saturated carbocycles. The topological polar surface area (TPSA) is 37.8 Å². The zero-order valence-corrected chi connectivity index (χ0v) is 13.2. The van der Waals surface area contributed by atoms with E-state index in [2.05, 4.69) is 59.0 Å². The van der Waals surface area contributed by atoms with Crippen molar-refractivity contribution in [3.63, 3.8) is 0 Å². The zero-order chi connectivity index (χ0) is 13.9. The van der Waals surface area contributed by atoms with E-state index in [-0.39, 0.29) is 0 Å². The van der Waals surface area contributed by atoms with Crippen LogP contribution in [0.2, 0.25) is 0 Å². The lowest BCUT2D eigenvalue weighted by Gasteiger charge is -2.01. The van der Waals surface area contributed by atoms with Crippen LogP contribution in [0.15, 0.2) is 29.6 Å². The Balaban J connectivity index is 1.68. The number of hydrogen-bond donors (Lipinski definition) is 1. The SMILES string of the molecule is CC(C)Cc1nnc(NCc2csc3ccccc23)s1. The van der Waals surface area contributed by atoms with E-state index in [1.54, 1.807) is 22.7 Å². The highest BCUT2D eigenvalue weighted by Gasteiger charge is 2.07. The van der Waals surface area contributed by atoms with Gasteiger partial charge in [-0.3, -0.25) is 0 Å². The lowest BCUT2D eigenvalue weighted by molar-refractivity contribution is 0.640. The minimum absolute atomic E-state index is 0.622. The second-order valence-electron chi connectivity index (χ2n) is 5.21. The summed E-state index contributed by atoms with van der Waals surface area (Å²) in [5.74, 6) is 0.622. The first kappa shape index (κ1) is 13.5. The van der Waals surface area contributed by atoms with E-state index in [0.717, 1.165) is 23.1 Å². The highest BCUT2D eigenvalue weighted by Crippen LogP contribution is 2.27. The largest absolute Gasteiger partial charge is 0.356 e. The minimum atomic E-state index is 0.622. The van der Waals surface area contributed by atoms with Crippen LogP contribution in [0.1, 0.15) is 24.4 Å². The van der Waals surface area contributed by atoms with Gasteiger partial charge in [-0.25, -0.2) is 0 Å². The monoisotopic (exact) mass is 303 g/mol. The molecular formula is C15H17N3S2. The normalized spacial score (nSPS) is 11.3. The Morgan fingerprint density at radius 2 is 2.05 bits per heavy atom. The molecule has 0 saturated heterocycles. The van der Waals surface area contributed by atoms with Crippen LogP contribution in [0, 0.1) is 5.92 Å². The lowest BCUT2D eigenvalue weighted by Crippen LogP contribution is -1.97. The fourth-order valence-electron chi connectivity index (χ4n) is 2.10. The van der Waals surface area contributed by atoms with E-state index in [0.29, 0.717) is 5.92 Å². The van der Waals surface area contributed by atoms with Crippen molar-refractivity contribution in [2.75, 3.05) is 5.32 Å². The van der Waals surface area contributed by atoms with Crippen LogP contribution in [0.4, 0.5) is 5.13 Å². The average Bonchev–Trinajstić information content (AvgIpc) is 3.02. The van der Waals surface area contributed by atoms with Crippen molar-refractivity contribution in [1.29, 1.82) is 0 Å². The summed E-state index contributed by atoms with van der Waals surface area (Å²) in [5, 5.41) is 17.4. The summed E-state index contributed by atoms with van der Waals surface area (Å²) in [6.07, 6.45) is 1.00. The van der Waals surface area contributed by atoms with Crippen LogP contribution in [0.25, 0.3) is 10.1 Å². The summed E-state index contributed by atoms with van der Waals surface area (Å²) in [6, 6.07) is 8.51. The van der Waals surface area contributed by atoms with Gasteiger partial charge in [0.2, 0.25) is 5.13 Å². The lowest BCUT2D eigenvalue weighted by atomic mass is 10.1. The Kier molecular flexibility index (Phi) is 3.98. The molecule has 3 nitrogen and oxygen atoms in total. The number of nitrogens with zero attached hydrogens (tertiary/aromatic N) is 2. The molecule has 0 radical (unpaired) electrons. The molecule has 5 heteroatoms.